The summed E-state index contributed by atoms with van der Waals surface area (Å²) in [4.78, 5) is 6.76. The topological polar surface area (TPSA) is 70.1 Å². The first-order valence-corrected chi connectivity index (χ1v) is 11.1. The molecule has 0 saturated heterocycles. The highest BCUT2D eigenvalue weighted by Crippen LogP contribution is 2.28. The van der Waals surface area contributed by atoms with Crippen LogP contribution < -0.4 is 4.80 Å². The predicted octanol–water partition coefficient (Wildman–Crippen LogP) is 5.81. The van der Waals surface area contributed by atoms with Crippen molar-refractivity contribution in [1.29, 1.82) is 0 Å². The third kappa shape index (κ3) is 3.94. The van der Waals surface area contributed by atoms with Gasteiger partial charge in [-0.2, -0.15) is 5.10 Å². The van der Waals surface area contributed by atoms with Gasteiger partial charge in [0, 0.05) is 17.0 Å². The van der Waals surface area contributed by atoms with Crippen molar-refractivity contribution in [1.82, 2.24) is 4.68 Å². The molecule has 0 fully saturated rings. The molecule has 0 bridgehead atoms. The Kier molecular flexibility index (Phi) is 5.57. The minimum absolute atomic E-state index is 0.0113. The summed E-state index contributed by atoms with van der Waals surface area (Å²) in [6.07, 6.45) is 0. The number of aromatic hydroxyl groups is 2. The molecule has 2 aromatic heterocycles. The van der Waals surface area contributed by atoms with Crippen LogP contribution in [0.25, 0.3) is 10.6 Å². The lowest BCUT2D eigenvalue weighted by atomic mass is 10.1. The minimum atomic E-state index is -0.0157. The Hall–Kier alpha value is -3.16. The Bertz CT molecular complexity index is 1280. The number of thiazole rings is 1. The maximum Gasteiger partial charge on any atom is 0.211 e. The third-order valence-electron chi connectivity index (χ3n) is 4.73. The van der Waals surface area contributed by atoms with E-state index in [1.165, 1.54) is 23.5 Å². The van der Waals surface area contributed by atoms with Crippen LogP contribution in [0.4, 0.5) is 5.69 Å². The van der Waals surface area contributed by atoms with E-state index in [2.05, 4.69) is 6.07 Å². The van der Waals surface area contributed by atoms with Crippen LogP contribution in [0.2, 0.25) is 0 Å². The fourth-order valence-corrected chi connectivity index (χ4v) is 4.80. The van der Waals surface area contributed by atoms with E-state index in [1.54, 1.807) is 17.4 Å². The highest BCUT2D eigenvalue weighted by Gasteiger charge is 2.12. The van der Waals surface area contributed by atoms with E-state index >= 15 is 0 Å². The van der Waals surface area contributed by atoms with E-state index in [1.807, 2.05) is 60.5 Å². The van der Waals surface area contributed by atoms with Gasteiger partial charge in [-0.25, -0.2) is 9.67 Å². The van der Waals surface area contributed by atoms with Gasteiger partial charge in [0.1, 0.15) is 11.5 Å². The van der Waals surface area contributed by atoms with Crippen LogP contribution >= 0.6 is 22.7 Å². The molecule has 0 saturated carbocycles. The summed E-state index contributed by atoms with van der Waals surface area (Å²) in [5.74, 6) is -0.00443. The summed E-state index contributed by atoms with van der Waals surface area (Å²) < 4.78 is 1.82. The van der Waals surface area contributed by atoms with E-state index in [9.17, 15) is 10.2 Å². The number of para-hydroxylation sites is 1. The summed E-state index contributed by atoms with van der Waals surface area (Å²) in [6.45, 7) is 5.93. The molecule has 2 heterocycles. The summed E-state index contributed by atoms with van der Waals surface area (Å²) in [7, 11) is 0. The zero-order valence-corrected chi connectivity index (χ0v) is 18.5. The molecule has 2 N–H and O–H groups in total. The highest BCUT2D eigenvalue weighted by molar-refractivity contribution is 7.14. The molecule has 7 heteroatoms. The average molecular weight is 436 g/mol. The molecule has 30 heavy (non-hydrogen) atoms. The molecule has 0 atom stereocenters. The first-order valence-electron chi connectivity index (χ1n) is 9.37. The molecule has 152 valence electrons. The maximum atomic E-state index is 10.3. The number of aryl methyl sites for hydroxylation is 2. The number of aromatic nitrogens is 1. The van der Waals surface area contributed by atoms with Gasteiger partial charge in [0.05, 0.1) is 22.0 Å². The smallest absolute Gasteiger partial charge is 0.211 e. The largest absolute Gasteiger partial charge is 0.508 e. The molecule has 0 aliphatic carbocycles. The Balaban J connectivity index is 1.93. The molecule has 0 aliphatic rings. The molecule has 4 rings (SSSR count). The van der Waals surface area contributed by atoms with Gasteiger partial charge in [-0.15, -0.1) is 22.7 Å². The maximum absolute atomic E-state index is 10.3. The Labute approximate surface area is 182 Å². The van der Waals surface area contributed by atoms with E-state index in [0.717, 1.165) is 32.2 Å². The average Bonchev–Trinajstić information content (AvgIpc) is 3.35. The van der Waals surface area contributed by atoms with Crippen LogP contribution in [-0.4, -0.2) is 20.6 Å². The van der Waals surface area contributed by atoms with Crippen LogP contribution in [0.1, 0.15) is 23.6 Å². The number of hydrogen-bond donors (Lipinski definition) is 2. The second-order valence-electron chi connectivity index (χ2n) is 6.93. The molecule has 0 amide bonds. The quantitative estimate of drug-likeness (QED) is 0.397. The summed E-state index contributed by atoms with van der Waals surface area (Å²) >= 11 is 3.16. The molecule has 0 radical (unpaired) electrons. The lowest BCUT2D eigenvalue weighted by molar-refractivity contribution is 0.450. The lowest BCUT2D eigenvalue weighted by Crippen LogP contribution is -2.14. The van der Waals surface area contributed by atoms with Crippen molar-refractivity contribution in [2.45, 2.75) is 20.8 Å². The van der Waals surface area contributed by atoms with Crippen molar-refractivity contribution < 1.29 is 10.2 Å². The molecule has 5 nitrogen and oxygen atoms in total. The number of thiophene rings is 1. The van der Waals surface area contributed by atoms with Gasteiger partial charge in [0.2, 0.25) is 4.80 Å². The van der Waals surface area contributed by atoms with E-state index < -0.39 is 0 Å². The van der Waals surface area contributed by atoms with Crippen molar-refractivity contribution in [3.8, 4) is 22.1 Å². The van der Waals surface area contributed by atoms with Gasteiger partial charge in [-0.1, -0.05) is 24.3 Å². The van der Waals surface area contributed by atoms with E-state index in [0.29, 0.717) is 11.3 Å². The number of phenolic OH excluding ortho intramolecular Hbond substituents is 2. The normalized spacial score (nSPS) is 12.5. The first-order chi connectivity index (χ1) is 14.4. The fraction of sp³-hybridized carbons (Fsp3) is 0.130. The van der Waals surface area contributed by atoms with Crippen LogP contribution in [0.15, 0.2) is 69.4 Å². The Morgan fingerprint density at radius 2 is 1.73 bits per heavy atom. The zero-order valence-electron chi connectivity index (χ0n) is 16.8. The van der Waals surface area contributed by atoms with Crippen molar-refractivity contribution in [2.24, 2.45) is 10.1 Å². The van der Waals surface area contributed by atoms with Crippen molar-refractivity contribution in [2.75, 3.05) is 0 Å². The van der Waals surface area contributed by atoms with Crippen LogP contribution in [-0.2, 0) is 0 Å². The van der Waals surface area contributed by atoms with Crippen molar-refractivity contribution in [3.05, 3.63) is 80.8 Å². The number of benzene rings is 2. The fourth-order valence-electron chi connectivity index (χ4n) is 3.18. The van der Waals surface area contributed by atoms with Crippen molar-refractivity contribution in [3.63, 3.8) is 0 Å². The van der Waals surface area contributed by atoms with Gasteiger partial charge in [-0.05, 0) is 55.5 Å². The van der Waals surface area contributed by atoms with Crippen LogP contribution in [0.5, 0.6) is 11.5 Å². The lowest BCUT2D eigenvalue weighted by Gasteiger charge is -2.08. The monoisotopic (exact) mass is 435 g/mol. The summed E-state index contributed by atoms with van der Waals surface area (Å²) in [6, 6.07) is 14.7. The van der Waals surface area contributed by atoms with Crippen LogP contribution in [0, 0.1) is 13.8 Å². The molecule has 0 unspecified atom stereocenters. The minimum Gasteiger partial charge on any atom is -0.508 e. The van der Waals surface area contributed by atoms with Crippen molar-refractivity contribution >= 4 is 34.1 Å². The van der Waals surface area contributed by atoms with Gasteiger partial charge in [-0.3, -0.25) is 0 Å². The number of rotatable bonds is 4. The number of nitrogens with zero attached hydrogens (tertiary/aromatic N) is 3. The van der Waals surface area contributed by atoms with Crippen LogP contribution in [0.3, 0.4) is 0 Å². The highest BCUT2D eigenvalue weighted by atomic mass is 32.1. The molecule has 2 aromatic carbocycles. The summed E-state index contributed by atoms with van der Waals surface area (Å²) in [5, 5.41) is 28.7. The third-order valence-corrected chi connectivity index (χ3v) is 6.44. The van der Waals surface area contributed by atoms with E-state index in [4.69, 9.17) is 10.1 Å². The number of phenols is 2. The van der Waals surface area contributed by atoms with Gasteiger partial charge in [0.25, 0.3) is 0 Å². The molecule has 0 aliphatic heterocycles. The molecular weight excluding hydrogens is 414 g/mol. The summed E-state index contributed by atoms with van der Waals surface area (Å²) in [5.41, 5.74) is 5.26. The second kappa shape index (κ2) is 8.30. The molecule has 4 aromatic rings. The van der Waals surface area contributed by atoms with E-state index in [-0.39, 0.29) is 11.5 Å². The molecule has 0 spiro atoms. The Morgan fingerprint density at radius 3 is 2.40 bits per heavy atom. The standard InChI is InChI=1S/C23H21N3O2S2/c1-14-6-4-7-15(2)22(14)24-23-26(19(13-30-23)21-8-5-11-29-21)25-16(3)18-10-9-17(27)12-20(18)28/h4-13,27-28H,1-3H3. The predicted molar refractivity (Wildman–Crippen MR) is 124 cm³/mol. The van der Waals surface area contributed by atoms with Gasteiger partial charge < -0.3 is 10.2 Å². The second-order valence-corrected chi connectivity index (χ2v) is 8.72. The first kappa shape index (κ1) is 20.1. The number of hydrogen-bond acceptors (Lipinski definition) is 6. The Morgan fingerprint density at radius 1 is 0.967 bits per heavy atom. The SMILES string of the molecule is CC(=Nn1c(-c2cccs2)csc1=Nc1c(C)cccc1C)c1ccc(O)cc1O. The zero-order chi connectivity index (χ0) is 21.3. The van der Waals surface area contributed by atoms with Gasteiger partial charge in [0.15, 0.2) is 0 Å². The van der Waals surface area contributed by atoms with Gasteiger partial charge >= 0.3 is 0 Å². The molecular formula is C23H21N3O2S2.